The van der Waals surface area contributed by atoms with E-state index in [0.717, 1.165) is 12.1 Å². The quantitative estimate of drug-likeness (QED) is 0.440. The summed E-state index contributed by atoms with van der Waals surface area (Å²) >= 11 is 0. The van der Waals surface area contributed by atoms with Gasteiger partial charge in [0, 0.05) is 29.0 Å². The average Bonchev–Trinajstić information content (AvgIpc) is 2.24. The highest BCUT2D eigenvalue weighted by atomic mass is 28.3. The zero-order valence-corrected chi connectivity index (χ0v) is 17.5. The first-order valence-corrected chi connectivity index (χ1v) is 15.6. The fourth-order valence-corrected chi connectivity index (χ4v) is 3.13. The third-order valence-corrected chi connectivity index (χ3v) is 6.67. The van der Waals surface area contributed by atoms with E-state index < -0.39 is 16.1 Å². The molecule has 6 heteroatoms. The van der Waals surface area contributed by atoms with Gasteiger partial charge in [-0.1, -0.05) is 46.2 Å². The molecule has 0 saturated carbocycles. The Morgan fingerprint density at radius 2 is 1.09 bits per heavy atom. The number of carbonyl (C=O) groups is 2. The van der Waals surface area contributed by atoms with Crippen LogP contribution in [-0.2, 0) is 19.1 Å². The molecule has 130 valence electrons. The van der Waals surface area contributed by atoms with Gasteiger partial charge >= 0.3 is 11.9 Å². The maximum absolute atomic E-state index is 11.7. The Labute approximate surface area is 138 Å². The molecule has 0 amide bonds. The van der Waals surface area contributed by atoms with Crippen molar-refractivity contribution < 1.29 is 19.1 Å². The van der Waals surface area contributed by atoms with Gasteiger partial charge in [-0.2, -0.15) is 0 Å². The van der Waals surface area contributed by atoms with Crippen LogP contribution in [0.15, 0.2) is 0 Å². The molecule has 0 aromatic heterocycles. The van der Waals surface area contributed by atoms with E-state index in [0.29, 0.717) is 13.2 Å². The van der Waals surface area contributed by atoms with Crippen molar-refractivity contribution in [2.45, 2.75) is 71.1 Å². The molecule has 0 unspecified atom stereocenters. The van der Waals surface area contributed by atoms with E-state index >= 15 is 0 Å². The lowest BCUT2D eigenvalue weighted by molar-refractivity contribution is -0.146. The van der Waals surface area contributed by atoms with Crippen LogP contribution in [0.3, 0.4) is 0 Å². The first-order chi connectivity index (χ1) is 9.89. The maximum Gasteiger partial charge on any atom is 0.306 e. The van der Waals surface area contributed by atoms with Crippen molar-refractivity contribution in [2.75, 3.05) is 13.2 Å². The second-order valence-electron chi connectivity index (χ2n) is 8.58. The molecule has 0 bridgehead atoms. The summed E-state index contributed by atoms with van der Waals surface area (Å²) in [5.41, 5.74) is 0. The monoisotopic (exact) mass is 346 g/mol. The maximum atomic E-state index is 11.7. The summed E-state index contributed by atoms with van der Waals surface area (Å²) in [4.78, 5) is 23.4. The number of carbonyl (C=O) groups excluding carboxylic acids is 2. The minimum Gasteiger partial charge on any atom is -0.466 e. The highest BCUT2D eigenvalue weighted by Gasteiger charge is 2.18. The van der Waals surface area contributed by atoms with Crippen LogP contribution in [0.1, 0.15) is 19.8 Å². The summed E-state index contributed by atoms with van der Waals surface area (Å²) < 4.78 is 10.5. The van der Waals surface area contributed by atoms with Crippen LogP contribution >= 0.6 is 0 Å². The van der Waals surface area contributed by atoms with Crippen molar-refractivity contribution in [3.63, 3.8) is 0 Å². The van der Waals surface area contributed by atoms with Crippen LogP contribution in [-0.4, -0.2) is 41.3 Å². The first-order valence-electron chi connectivity index (χ1n) is 8.20. The lowest BCUT2D eigenvalue weighted by atomic mass is 10.0. The summed E-state index contributed by atoms with van der Waals surface area (Å²) in [6.07, 6.45) is 0.573. The van der Waals surface area contributed by atoms with E-state index in [9.17, 15) is 9.59 Å². The molecule has 0 aromatic rings. The molecule has 0 aromatic carbocycles. The normalized spacial score (nSPS) is 12.4. The average molecular weight is 347 g/mol. The summed E-state index contributed by atoms with van der Waals surface area (Å²) in [6.45, 7) is 16.4. The minimum absolute atomic E-state index is 0.0289. The molecule has 0 spiro atoms. The van der Waals surface area contributed by atoms with Crippen molar-refractivity contribution in [1.29, 1.82) is 0 Å². The summed E-state index contributed by atoms with van der Waals surface area (Å²) in [7, 11) is -2.34. The molecule has 0 atom stereocenters. The molecule has 4 nitrogen and oxygen atoms in total. The number of hydrogen-bond acceptors (Lipinski definition) is 4. The van der Waals surface area contributed by atoms with Crippen molar-refractivity contribution in [3.05, 3.63) is 0 Å². The lowest BCUT2D eigenvalue weighted by Gasteiger charge is -2.17. The fraction of sp³-hybridized carbons (Fsp3) is 0.875. The molecule has 0 aliphatic heterocycles. The van der Waals surface area contributed by atoms with Gasteiger partial charge in [0.25, 0.3) is 0 Å². The zero-order chi connectivity index (χ0) is 17.4. The van der Waals surface area contributed by atoms with Crippen LogP contribution in [0.5, 0.6) is 0 Å². The van der Waals surface area contributed by atoms with Gasteiger partial charge in [0.05, 0.1) is 13.2 Å². The van der Waals surface area contributed by atoms with Crippen molar-refractivity contribution in [2.24, 2.45) is 5.92 Å². The van der Waals surface area contributed by atoms with Crippen molar-refractivity contribution in [3.8, 4) is 0 Å². The Bertz CT molecular complexity index is 322. The predicted octanol–water partition coefficient (Wildman–Crippen LogP) is 4.17. The SMILES string of the molecule is CC(CC(=O)OCC[Si](C)(C)C)CC(=O)OCC[Si](C)(C)C. The summed E-state index contributed by atoms with van der Waals surface area (Å²) in [5.74, 6) is -0.444. The van der Waals surface area contributed by atoms with Crippen molar-refractivity contribution >= 4 is 28.1 Å². The largest absolute Gasteiger partial charge is 0.466 e. The van der Waals surface area contributed by atoms with Crippen LogP contribution in [0.4, 0.5) is 0 Å². The second-order valence-corrected chi connectivity index (χ2v) is 19.8. The zero-order valence-electron chi connectivity index (χ0n) is 15.5. The Kier molecular flexibility index (Phi) is 9.23. The molecule has 0 saturated heterocycles. The van der Waals surface area contributed by atoms with Crippen LogP contribution in [0.2, 0.25) is 51.4 Å². The number of esters is 2. The van der Waals surface area contributed by atoms with E-state index in [4.69, 9.17) is 9.47 Å². The molecule has 0 aliphatic rings. The van der Waals surface area contributed by atoms with Crippen molar-refractivity contribution in [1.82, 2.24) is 0 Å². The lowest BCUT2D eigenvalue weighted by Crippen LogP contribution is -2.24. The van der Waals surface area contributed by atoms with E-state index in [1.807, 2.05) is 6.92 Å². The van der Waals surface area contributed by atoms with E-state index in [1.54, 1.807) is 0 Å². The summed E-state index contributed by atoms with van der Waals surface area (Å²) in [6, 6.07) is 1.96. The molecular weight excluding hydrogens is 312 g/mol. The van der Waals surface area contributed by atoms with Crippen LogP contribution in [0, 0.1) is 5.92 Å². The number of hydrogen-bond donors (Lipinski definition) is 0. The van der Waals surface area contributed by atoms with E-state index in [1.165, 1.54) is 0 Å². The highest BCUT2D eigenvalue weighted by molar-refractivity contribution is 6.76. The fourth-order valence-electron chi connectivity index (χ4n) is 1.70. The van der Waals surface area contributed by atoms with E-state index in [2.05, 4.69) is 39.3 Å². The Balaban J connectivity index is 3.85. The smallest absolute Gasteiger partial charge is 0.306 e. The minimum atomic E-state index is -1.17. The summed E-state index contributed by atoms with van der Waals surface area (Å²) in [5, 5.41) is 0. The van der Waals surface area contributed by atoms with Gasteiger partial charge in [0.2, 0.25) is 0 Å². The molecular formula is C16H34O4Si2. The van der Waals surface area contributed by atoms with Crippen LogP contribution < -0.4 is 0 Å². The van der Waals surface area contributed by atoms with E-state index in [-0.39, 0.29) is 30.7 Å². The molecule has 0 aliphatic carbocycles. The standard InChI is InChI=1S/C16H34O4Si2/c1-14(12-15(17)19-8-10-21(2,3)4)13-16(18)20-9-11-22(5,6)7/h14H,8-13H2,1-7H3. The first kappa shape index (κ1) is 21.4. The third kappa shape index (κ3) is 14.3. The molecule has 0 N–H and O–H groups in total. The van der Waals surface area contributed by atoms with Gasteiger partial charge in [-0.05, 0) is 18.0 Å². The van der Waals surface area contributed by atoms with Gasteiger partial charge in [-0.25, -0.2) is 0 Å². The molecule has 22 heavy (non-hydrogen) atoms. The Morgan fingerprint density at radius 3 is 1.36 bits per heavy atom. The predicted molar refractivity (Wildman–Crippen MR) is 96.6 cm³/mol. The topological polar surface area (TPSA) is 52.6 Å². The highest BCUT2D eigenvalue weighted by Crippen LogP contribution is 2.13. The molecule has 0 fully saturated rings. The van der Waals surface area contributed by atoms with Gasteiger partial charge in [-0.15, -0.1) is 0 Å². The Morgan fingerprint density at radius 1 is 0.773 bits per heavy atom. The molecule has 0 heterocycles. The molecule has 0 rings (SSSR count). The third-order valence-electron chi connectivity index (χ3n) is 3.26. The number of rotatable bonds is 10. The van der Waals surface area contributed by atoms with Crippen LogP contribution in [0.25, 0.3) is 0 Å². The van der Waals surface area contributed by atoms with Gasteiger partial charge < -0.3 is 9.47 Å². The molecule has 0 radical (unpaired) electrons. The second kappa shape index (κ2) is 9.50. The number of ether oxygens (including phenoxy) is 2. The van der Waals surface area contributed by atoms with Gasteiger partial charge in [-0.3, -0.25) is 9.59 Å². The van der Waals surface area contributed by atoms with Gasteiger partial charge in [0.1, 0.15) is 0 Å². The Hall–Kier alpha value is -0.626. The van der Waals surface area contributed by atoms with Gasteiger partial charge in [0.15, 0.2) is 0 Å².